The van der Waals surface area contributed by atoms with Crippen molar-refractivity contribution in [1.29, 1.82) is 0 Å². The maximum Gasteiger partial charge on any atom is 0.233 e. The van der Waals surface area contributed by atoms with Crippen LogP contribution in [0.2, 0.25) is 0 Å². The number of amides is 1. The normalized spacial score (nSPS) is 17.0. The van der Waals surface area contributed by atoms with Gasteiger partial charge in [0.25, 0.3) is 0 Å². The molecule has 0 aliphatic carbocycles. The van der Waals surface area contributed by atoms with Crippen LogP contribution in [-0.4, -0.2) is 30.6 Å². The van der Waals surface area contributed by atoms with Crippen LogP contribution in [-0.2, 0) is 9.53 Å². The van der Waals surface area contributed by atoms with E-state index in [0.29, 0.717) is 37.7 Å². The Kier molecular flexibility index (Phi) is 5.11. The van der Waals surface area contributed by atoms with E-state index in [2.05, 4.69) is 26.2 Å². The van der Waals surface area contributed by atoms with Crippen molar-refractivity contribution in [2.45, 2.75) is 12.8 Å². The molecular formula is C16H18BrN3O2S. The molecular weight excluding hydrogens is 378 g/mol. The minimum atomic E-state index is -0.542. The van der Waals surface area contributed by atoms with Gasteiger partial charge in [-0.15, -0.1) is 11.3 Å². The summed E-state index contributed by atoms with van der Waals surface area (Å²) in [4.78, 5) is 17.1. The Balaban J connectivity index is 1.75. The molecule has 3 N–H and O–H groups in total. The average molecular weight is 396 g/mol. The molecule has 1 aromatic heterocycles. The van der Waals surface area contributed by atoms with Crippen LogP contribution >= 0.6 is 27.3 Å². The highest BCUT2D eigenvalue weighted by Gasteiger charge is 2.39. The van der Waals surface area contributed by atoms with Crippen molar-refractivity contribution < 1.29 is 9.53 Å². The van der Waals surface area contributed by atoms with Crippen molar-refractivity contribution in [3.8, 4) is 11.3 Å². The molecule has 0 spiro atoms. The monoisotopic (exact) mass is 395 g/mol. The lowest BCUT2D eigenvalue weighted by Gasteiger charge is -2.34. The second kappa shape index (κ2) is 7.09. The summed E-state index contributed by atoms with van der Waals surface area (Å²) >= 11 is 4.88. The van der Waals surface area contributed by atoms with Gasteiger partial charge in [0.1, 0.15) is 0 Å². The number of hydrogen-bond acceptors (Lipinski definition) is 5. The quantitative estimate of drug-likeness (QED) is 0.832. The Morgan fingerprint density at radius 1 is 1.43 bits per heavy atom. The zero-order valence-electron chi connectivity index (χ0n) is 12.5. The molecule has 1 saturated heterocycles. The molecule has 23 heavy (non-hydrogen) atoms. The van der Waals surface area contributed by atoms with Crippen LogP contribution in [0.25, 0.3) is 11.3 Å². The van der Waals surface area contributed by atoms with Crippen molar-refractivity contribution in [1.82, 2.24) is 4.98 Å². The van der Waals surface area contributed by atoms with Gasteiger partial charge in [-0.2, -0.15) is 0 Å². The van der Waals surface area contributed by atoms with Gasteiger partial charge in [0.05, 0.1) is 11.1 Å². The van der Waals surface area contributed by atoms with Gasteiger partial charge < -0.3 is 15.8 Å². The SMILES string of the molecule is NCC1(C(=O)Nc2nc(-c3cccc(Br)c3)cs2)CCOCC1. The number of benzene rings is 1. The van der Waals surface area contributed by atoms with E-state index in [1.807, 2.05) is 29.6 Å². The number of carbonyl (C=O) groups excluding carboxylic acids is 1. The minimum absolute atomic E-state index is 0.0570. The highest BCUT2D eigenvalue weighted by Crippen LogP contribution is 2.32. The smallest absolute Gasteiger partial charge is 0.233 e. The molecule has 3 rings (SSSR count). The van der Waals surface area contributed by atoms with Gasteiger partial charge in [-0.3, -0.25) is 4.79 Å². The van der Waals surface area contributed by atoms with Crippen LogP contribution in [0.3, 0.4) is 0 Å². The number of halogens is 1. The van der Waals surface area contributed by atoms with E-state index in [4.69, 9.17) is 10.5 Å². The zero-order chi connectivity index (χ0) is 16.3. The zero-order valence-corrected chi connectivity index (χ0v) is 15.0. The number of thiazole rings is 1. The largest absolute Gasteiger partial charge is 0.381 e. The molecule has 0 radical (unpaired) electrons. The maximum atomic E-state index is 12.6. The van der Waals surface area contributed by atoms with Crippen molar-refractivity contribution >= 4 is 38.3 Å². The van der Waals surface area contributed by atoms with E-state index in [1.165, 1.54) is 11.3 Å². The number of nitrogens with two attached hydrogens (primary N) is 1. The van der Waals surface area contributed by atoms with Gasteiger partial charge in [-0.1, -0.05) is 28.1 Å². The third-order valence-electron chi connectivity index (χ3n) is 4.17. The summed E-state index contributed by atoms with van der Waals surface area (Å²) in [5, 5.41) is 5.47. The average Bonchev–Trinajstić information content (AvgIpc) is 3.04. The molecule has 0 atom stereocenters. The summed E-state index contributed by atoms with van der Waals surface area (Å²) in [6.07, 6.45) is 1.30. The van der Waals surface area contributed by atoms with Crippen LogP contribution in [0.5, 0.6) is 0 Å². The van der Waals surface area contributed by atoms with Gasteiger partial charge in [-0.05, 0) is 25.0 Å². The fourth-order valence-electron chi connectivity index (χ4n) is 2.63. The fraction of sp³-hybridized carbons (Fsp3) is 0.375. The lowest BCUT2D eigenvalue weighted by molar-refractivity contribution is -0.130. The number of nitrogens with one attached hydrogen (secondary N) is 1. The van der Waals surface area contributed by atoms with E-state index >= 15 is 0 Å². The molecule has 0 bridgehead atoms. The van der Waals surface area contributed by atoms with Crippen LogP contribution in [0.4, 0.5) is 5.13 Å². The summed E-state index contributed by atoms with van der Waals surface area (Å²) < 4.78 is 6.35. The summed E-state index contributed by atoms with van der Waals surface area (Å²) in [5.41, 5.74) is 7.18. The number of carbonyl (C=O) groups is 1. The van der Waals surface area contributed by atoms with Crippen molar-refractivity contribution in [3.05, 3.63) is 34.1 Å². The first kappa shape index (κ1) is 16.6. The first-order chi connectivity index (χ1) is 11.1. The topological polar surface area (TPSA) is 77.2 Å². The molecule has 2 aromatic rings. The molecule has 2 heterocycles. The predicted molar refractivity (Wildman–Crippen MR) is 95.4 cm³/mol. The van der Waals surface area contributed by atoms with E-state index in [1.54, 1.807) is 0 Å². The van der Waals surface area contributed by atoms with Crippen molar-refractivity contribution in [2.75, 3.05) is 25.1 Å². The van der Waals surface area contributed by atoms with Crippen molar-refractivity contribution in [2.24, 2.45) is 11.1 Å². The van der Waals surface area contributed by atoms with Crippen LogP contribution in [0.1, 0.15) is 12.8 Å². The van der Waals surface area contributed by atoms with Gasteiger partial charge >= 0.3 is 0 Å². The number of rotatable bonds is 4. The highest BCUT2D eigenvalue weighted by molar-refractivity contribution is 9.10. The maximum absolute atomic E-state index is 12.6. The number of ether oxygens (including phenoxy) is 1. The minimum Gasteiger partial charge on any atom is -0.381 e. The number of aromatic nitrogens is 1. The van der Waals surface area contributed by atoms with Crippen molar-refractivity contribution in [3.63, 3.8) is 0 Å². The van der Waals surface area contributed by atoms with Crippen LogP contribution < -0.4 is 11.1 Å². The Morgan fingerprint density at radius 2 is 2.22 bits per heavy atom. The Labute approximate surface area is 147 Å². The lowest BCUT2D eigenvalue weighted by Crippen LogP contribution is -2.46. The molecule has 5 nitrogen and oxygen atoms in total. The molecule has 0 saturated carbocycles. The van der Waals surface area contributed by atoms with Crippen LogP contribution in [0, 0.1) is 5.41 Å². The summed E-state index contributed by atoms with van der Waals surface area (Å²) in [6.45, 7) is 1.48. The van der Waals surface area contributed by atoms with E-state index in [-0.39, 0.29) is 5.91 Å². The molecule has 0 unspecified atom stereocenters. The lowest BCUT2D eigenvalue weighted by atomic mass is 9.79. The molecule has 1 amide bonds. The molecule has 1 fully saturated rings. The Hall–Kier alpha value is -1.28. The Morgan fingerprint density at radius 3 is 2.91 bits per heavy atom. The predicted octanol–water partition coefficient (Wildman–Crippen LogP) is 3.27. The van der Waals surface area contributed by atoms with E-state index in [9.17, 15) is 4.79 Å². The number of nitrogens with zero attached hydrogens (tertiary/aromatic N) is 1. The van der Waals surface area contributed by atoms with E-state index < -0.39 is 5.41 Å². The van der Waals surface area contributed by atoms with Gasteiger partial charge in [-0.25, -0.2) is 4.98 Å². The first-order valence-electron chi connectivity index (χ1n) is 7.44. The fourth-order valence-corrected chi connectivity index (χ4v) is 3.74. The first-order valence-corrected chi connectivity index (χ1v) is 9.11. The second-order valence-corrected chi connectivity index (χ2v) is 7.37. The highest BCUT2D eigenvalue weighted by atomic mass is 79.9. The molecule has 1 aromatic carbocycles. The molecule has 7 heteroatoms. The van der Waals surface area contributed by atoms with Gasteiger partial charge in [0.2, 0.25) is 5.91 Å². The summed E-state index contributed by atoms with van der Waals surface area (Å²) in [6, 6.07) is 7.92. The molecule has 122 valence electrons. The Bertz CT molecular complexity index is 698. The van der Waals surface area contributed by atoms with Gasteiger partial charge in [0, 0.05) is 35.2 Å². The van der Waals surface area contributed by atoms with E-state index in [0.717, 1.165) is 15.7 Å². The van der Waals surface area contributed by atoms with Gasteiger partial charge in [0.15, 0.2) is 5.13 Å². The molecule has 1 aliphatic rings. The summed E-state index contributed by atoms with van der Waals surface area (Å²) in [5.74, 6) is -0.0570. The molecule has 1 aliphatic heterocycles. The third-order valence-corrected chi connectivity index (χ3v) is 5.42. The van der Waals surface area contributed by atoms with Crippen LogP contribution in [0.15, 0.2) is 34.1 Å². The standard InChI is InChI=1S/C16H18BrN3O2S/c17-12-3-1-2-11(8-12)13-9-23-15(19-13)20-14(21)16(10-18)4-6-22-7-5-16/h1-3,8-9H,4-7,10,18H2,(H,19,20,21). The number of hydrogen-bond donors (Lipinski definition) is 2. The number of anilines is 1. The summed E-state index contributed by atoms with van der Waals surface area (Å²) in [7, 11) is 0. The third kappa shape index (κ3) is 3.63. The second-order valence-electron chi connectivity index (χ2n) is 5.60.